The predicted octanol–water partition coefficient (Wildman–Crippen LogP) is 4.49. The summed E-state index contributed by atoms with van der Waals surface area (Å²) < 4.78 is 5.75. The molecule has 0 radical (unpaired) electrons. The van der Waals surface area contributed by atoms with E-state index in [4.69, 9.17) is 4.74 Å². The van der Waals surface area contributed by atoms with Crippen LogP contribution >= 0.6 is 0 Å². The second-order valence-corrected chi connectivity index (χ2v) is 13.4. The maximum Gasteiger partial charge on any atom is 0.410 e. The average molecular weight is 408 g/mol. The number of carboxylic acids is 1. The molecule has 2 saturated heterocycles. The topological polar surface area (TPSA) is 66.8 Å². The minimum absolute atomic E-state index is 0.00471. The van der Waals surface area contributed by atoms with Crippen molar-refractivity contribution in [2.75, 3.05) is 12.8 Å². The standard InChI is InChI=1S/C23H25NO4Si/c25-22(26)21-14-29(11-5-6-12-29)15-24(21)23(27)28-13-20-18-9-3-1-7-16(18)17-8-2-4-10-19(17)20/h1-4,7-10,20-21H,5-6,11-15H2,(H,25,26). The van der Waals surface area contributed by atoms with E-state index in [0.717, 1.165) is 12.1 Å². The first-order chi connectivity index (χ1) is 14.1. The first-order valence-electron chi connectivity index (χ1n) is 10.4. The highest BCUT2D eigenvalue weighted by Crippen LogP contribution is 2.45. The van der Waals surface area contributed by atoms with E-state index in [-0.39, 0.29) is 12.5 Å². The molecule has 1 aliphatic carbocycles. The molecule has 1 unspecified atom stereocenters. The number of rotatable bonds is 3. The fourth-order valence-electron chi connectivity index (χ4n) is 5.63. The molecule has 1 atom stereocenters. The van der Waals surface area contributed by atoms with Gasteiger partial charge in [0.05, 0.1) is 8.07 Å². The minimum Gasteiger partial charge on any atom is -0.480 e. The molecule has 5 rings (SSSR count). The van der Waals surface area contributed by atoms with Gasteiger partial charge >= 0.3 is 12.1 Å². The van der Waals surface area contributed by atoms with E-state index in [0.29, 0.717) is 12.2 Å². The van der Waals surface area contributed by atoms with Crippen molar-refractivity contribution in [1.82, 2.24) is 4.90 Å². The number of hydrogen-bond acceptors (Lipinski definition) is 3. The van der Waals surface area contributed by atoms with Crippen LogP contribution in [-0.2, 0) is 9.53 Å². The summed E-state index contributed by atoms with van der Waals surface area (Å²) >= 11 is 0. The van der Waals surface area contributed by atoms with Gasteiger partial charge in [-0.15, -0.1) is 0 Å². The van der Waals surface area contributed by atoms with E-state index >= 15 is 0 Å². The third-order valence-electron chi connectivity index (χ3n) is 7.03. The number of nitrogens with zero attached hydrogens (tertiary/aromatic N) is 1. The third kappa shape index (κ3) is 3.06. The number of hydrogen-bond donors (Lipinski definition) is 1. The monoisotopic (exact) mass is 407 g/mol. The lowest BCUT2D eigenvalue weighted by Gasteiger charge is -2.23. The summed E-state index contributed by atoms with van der Waals surface area (Å²) in [6.07, 6.45) is 2.53. The fourth-order valence-corrected chi connectivity index (χ4v) is 11.0. The number of carbonyl (C=O) groups is 2. The van der Waals surface area contributed by atoms with Crippen molar-refractivity contribution < 1.29 is 19.4 Å². The molecule has 29 heavy (non-hydrogen) atoms. The number of fused-ring (bicyclic) bond motifs is 3. The summed E-state index contributed by atoms with van der Waals surface area (Å²) in [6.45, 7) is 0.240. The fraction of sp³-hybridized carbons (Fsp3) is 0.391. The van der Waals surface area contributed by atoms with E-state index in [9.17, 15) is 14.7 Å². The van der Waals surface area contributed by atoms with Crippen LogP contribution in [0.1, 0.15) is 29.9 Å². The highest BCUT2D eigenvalue weighted by molar-refractivity contribution is 6.82. The molecule has 1 spiro atoms. The van der Waals surface area contributed by atoms with Crippen molar-refractivity contribution in [2.24, 2.45) is 0 Å². The van der Waals surface area contributed by atoms with Crippen LogP contribution in [0, 0.1) is 0 Å². The zero-order valence-electron chi connectivity index (χ0n) is 16.3. The molecule has 1 N–H and O–H groups in total. The molecule has 3 aliphatic rings. The van der Waals surface area contributed by atoms with Crippen molar-refractivity contribution in [3.05, 3.63) is 59.7 Å². The van der Waals surface area contributed by atoms with Crippen LogP contribution in [0.4, 0.5) is 4.79 Å². The summed E-state index contributed by atoms with van der Waals surface area (Å²) in [4.78, 5) is 26.3. The van der Waals surface area contributed by atoms with Gasteiger partial charge in [-0.2, -0.15) is 0 Å². The van der Waals surface area contributed by atoms with Crippen LogP contribution < -0.4 is 0 Å². The Bertz CT molecular complexity index is 923. The van der Waals surface area contributed by atoms with Gasteiger partial charge < -0.3 is 9.84 Å². The Hall–Kier alpha value is -2.60. The maximum atomic E-state index is 12.9. The molecule has 0 aromatic heterocycles. The molecule has 0 saturated carbocycles. The molecule has 5 nitrogen and oxygen atoms in total. The van der Waals surface area contributed by atoms with E-state index in [2.05, 4.69) is 24.3 Å². The Morgan fingerprint density at radius 3 is 2.17 bits per heavy atom. The Labute approximate surface area is 171 Å². The van der Waals surface area contributed by atoms with Crippen LogP contribution in [0.2, 0.25) is 18.1 Å². The van der Waals surface area contributed by atoms with Crippen molar-refractivity contribution in [3.8, 4) is 11.1 Å². The van der Waals surface area contributed by atoms with Gasteiger partial charge in [0.1, 0.15) is 12.6 Å². The average Bonchev–Trinajstić information content (AvgIpc) is 3.43. The van der Waals surface area contributed by atoms with Gasteiger partial charge in [0.15, 0.2) is 0 Å². The summed E-state index contributed by atoms with van der Waals surface area (Å²) in [5, 5.41) is 9.69. The zero-order valence-corrected chi connectivity index (χ0v) is 17.3. The quantitative estimate of drug-likeness (QED) is 0.762. The number of carboxylic acid groups (broad SMARTS) is 1. The molecule has 1 amide bonds. The highest BCUT2D eigenvalue weighted by atomic mass is 28.3. The molecule has 2 heterocycles. The van der Waals surface area contributed by atoms with Crippen molar-refractivity contribution >= 4 is 20.1 Å². The second-order valence-electron chi connectivity index (χ2n) is 8.70. The van der Waals surface area contributed by atoms with Crippen molar-refractivity contribution in [1.29, 1.82) is 0 Å². The molecule has 2 fully saturated rings. The SMILES string of the molecule is O=C(O)C1C[Si]2(CCCC2)CN1C(=O)OCC1c2ccccc2-c2ccccc21. The van der Waals surface area contributed by atoms with Crippen molar-refractivity contribution in [3.63, 3.8) is 0 Å². The van der Waals surface area contributed by atoms with Gasteiger partial charge in [-0.1, -0.05) is 73.5 Å². The molecule has 0 bridgehead atoms. The normalized spacial score (nSPS) is 21.9. The third-order valence-corrected chi connectivity index (χ3v) is 12.1. The Morgan fingerprint density at radius 2 is 1.59 bits per heavy atom. The number of carbonyl (C=O) groups excluding carboxylic acids is 1. The summed E-state index contributed by atoms with van der Waals surface area (Å²) in [5.74, 6) is -0.898. The number of aliphatic carboxylic acids is 1. The number of amides is 1. The first kappa shape index (κ1) is 18.4. The molecular weight excluding hydrogens is 382 g/mol. The number of ether oxygens (including phenoxy) is 1. The lowest BCUT2D eigenvalue weighted by atomic mass is 9.98. The van der Waals surface area contributed by atoms with E-state index in [1.165, 1.54) is 40.0 Å². The lowest BCUT2D eigenvalue weighted by Crippen LogP contribution is -2.42. The maximum absolute atomic E-state index is 12.9. The van der Waals surface area contributed by atoms with Gasteiger partial charge in [-0.05, 0) is 28.3 Å². The molecule has 2 aromatic carbocycles. The van der Waals surface area contributed by atoms with Crippen LogP contribution in [0.3, 0.4) is 0 Å². The summed E-state index contributed by atoms with van der Waals surface area (Å²) in [5.41, 5.74) is 4.70. The molecular formula is C23H25NO4Si. The van der Waals surface area contributed by atoms with E-state index in [1.54, 1.807) is 0 Å². The molecule has 2 aromatic rings. The molecule has 150 valence electrons. The van der Waals surface area contributed by atoms with Gasteiger partial charge in [-0.25, -0.2) is 9.59 Å². The smallest absolute Gasteiger partial charge is 0.410 e. The summed E-state index contributed by atoms with van der Waals surface area (Å²) in [6, 6.07) is 18.7. The zero-order chi connectivity index (χ0) is 20.0. The Kier molecular flexibility index (Phi) is 4.46. The minimum atomic E-state index is -1.65. The van der Waals surface area contributed by atoms with Crippen molar-refractivity contribution in [2.45, 2.75) is 42.9 Å². The van der Waals surface area contributed by atoms with Crippen LogP contribution in [0.15, 0.2) is 48.5 Å². The molecule has 2 aliphatic heterocycles. The van der Waals surface area contributed by atoms with E-state index < -0.39 is 26.2 Å². The van der Waals surface area contributed by atoms with Crippen LogP contribution in [-0.4, -0.2) is 49.0 Å². The second kappa shape index (κ2) is 7.02. The summed E-state index contributed by atoms with van der Waals surface area (Å²) in [7, 11) is -1.65. The lowest BCUT2D eigenvalue weighted by molar-refractivity contribution is -0.141. The highest BCUT2D eigenvalue weighted by Gasteiger charge is 2.52. The van der Waals surface area contributed by atoms with E-state index in [1.807, 2.05) is 24.3 Å². The van der Waals surface area contributed by atoms with Gasteiger partial charge in [0.25, 0.3) is 0 Å². The van der Waals surface area contributed by atoms with Crippen LogP contribution in [0.25, 0.3) is 11.1 Å². The van der Waals surface area contributed by atoms with Gasteiger partial charge in [0, 0.05) is 12.1 Å². The largest absolute Gasteiger partial charge is 0.480 e. The Balaban J connectivity index is 1.35. The number of benzene rings is 2. The molecule has 6 heteroatoms. The van der Waals surface area contributed by atoms with Gasteiger partial charge in [0.2, 0.25) is 0 Å². The predicted molar refractivity (Wildman–Crippen MR) is 113 cm³/mol. The first-order valence-corrected chi connectivity index (χ1v) is 13.3. The Morgan fingerprint density at radius 1 is 1.00 bits per heavy atom. The van der Waals surface area contributed by atoms with Crippen LogP contribution in [0.5, 0.6) is 0 Å². The van der Waals surface area contributed by atoms with Gasteiger partial charge in [-0.3, -0.25) is 4.90 Å².